The molecule has 3 nitrogen and oxygen atoms in total. The van der Waals surface area contributed by atoms with Gasteiger partial charge in [-0.25, -0.2) is 0 Å². The lowest BCUT2D eigenvalue weighted by atomic mass is 9.96. The van der Waals surface area contributed by atoms with E-state index in [1.54, 1.807) is 4.90 Å². The highest BCUT2D eigenvalue weighted by atomic mass is 32.1. The Labute approximate surface area is 119 Å². The lowest BCUT2D eigenvalue weighted by molar-refractivity contribution is 0.0750. The van der Waals surface area contributed by atoms with Crippen molar-refractivity contribution in [3.8, 4) is 11.8 Å². The predicted molar refractivity (Wildman–Crippen MR) is 81.4 cm³/mol. The minimum absolute atomic E-state index is 0.0591. The zero-order valence-electron chi connectivity index (χ0n) is 12.3. The van der Waals surface area contributed by atoms with Crippen LogP contribution in [0.5, 0.6) is 0 Å². The topological polar surface area (TPSA) is 46.3 Å². The van der Waals surface area contributed by atoms with Crippen molar-refractivity contribution in [2.45, 2.75) is 27.7 Å². The van der Waals surface area contributed by atoms with E-state index in [1.165, 1.54) is 11.3 Å². The highest BCUT2D eigenvalue weighted by molar-refractivity contribution is 7.14. The van der Waals surface area contributed by atoms with Gasteiger partial charge in [0, 0.05) is 13.6 Å². The quantitative estimate of drug-likeness (QED) is 0.845. The molecule has 0 aliphatic heterocycles. The maximum atomic E-state index is 12.3. The summed E-state index contributed by atoms with van der Waals surface area (Å²) in [6.07, 6.45) is 0. The molecule has 1 heterocycles. The van der Waals surface area contributed by atoms with E-state index >= 15 is 0 Å². The Balaban J connectivity index is 2.89. The number of hydrogen-bond donors (Lipinski definition) is 1. The molecule has 4 heteroatoms. The standard InChI is InChI=1S/C15H22N2OS/c1-11-9-13(19-12(11)7-6-8-16)14(18)17(5)10-15(2,3)4/h9H,8,10,16H2,1-5H3. The van der Waals surface area contributed by atoms with Gasteiger partial charge in [0.1, 0.15) is 0 Å². The SMILES string of the molecule is Cc1cc(C(=O)N(C)CC(C)(C)C)sc1C#CCN. The van der Waals surface area contributed by atoms with Crippen molar-refractivity contribution in [2.24, 2.45) is 11.1 Å². The summed E-state index contributed by atoms with van der Waals surface area (Å²) in [6.45, 7) is 9.40. The Morgan fingerprint density at radius 3 is 2.63 bits per heavy atom. The van der Waals surface area contributed by atoms with Gasteiger partial charge in [-0.15, -0.1) is 11.3 Å². The van der Waals surface area contributed by atoms with Crippen molar-refractivity contribution in [3.63, 3.8) is 0 Å². The number of aryl methyl sites for hydroxylation is 1. The van der Waals surface area contributed by atoms with Crippen LogP contribution in [0.15, 0.2) is 6.07 Å². The number of carbonyl (C=O) groups excluding carboxylic acids is 1. The third-order valence-corrected chi connectivity index (χ3v) is 3.63. The maximum Gasteiger partial charge on any atom is 0.263 e. The summed E-state index contributed by atoms with van der Waals surface area (Å²) in [7, 11) is 1.84. The molecule has 0 aromatic carbocycles. The number of nitrogens with two attached hydrogens (primary N) is 1. The van der Waals surface area contributed by atoms with Gasteiger partial charge in [-0.05, 0) is 24.0 Å². The maximum absolute atomic E-state index is 12.3. The normalized spacial score (nSPS) is 10.8. The summed E-state index contributed by atoms with van der Waals surface area (Å²) in [6, 6.07) is 1.91. The van der Waals surface area contributed by atoms with Crippen LogP contribution in [0.25, 0.3) is 0 Å². The molecular weight excluding hydrogens is 256 g/mol. The van der Waals surface area contributed by atoms with Crippen molar-refractivity contribution in [1.29, 1.82) is 0 Å². The molecule has 0 aliphatic carbocycles. The van der Waals surface area contributed by atoms with Gasteiger partial charge in [0.15, 0.2) is 0 Å². The number of thiophene rings is 1. The van der Waals surface area contributed by atoms with Crippen LogP contribution < -0.4 is 5.73 Å². The number of rotatable bonds is 2. The number of carbonyl (C=O) groups is 1. The van der Waals surface area contributed by atoms with Gasteiger partial charge < -0.3 is 10.6 Å². The molecule has 2 N–H and O–H groups in total. The van der Waals surface area contributed by atoms with Crippen LogP contribution in [-0.4, -0.2) is 30.9 Å². The van der Waals surface area contributed by atoms with Gasteiger partial charge in [0.05, 0.1) is 16.3 Å². The van der Waals surface area contributed by atoms with Gasteiger partial charge in [0.2, 0.25) is 0 Å². The highest BCUT2D eigenvalue weighted by Gasteiger charge is 2.20. The summed E-state index contributed by atoms with van der Waals surface area (Å²) in [5, 5.41) is 0. The average molecular weight is 278 g/mol. The average Bonchev–Trinajstić information content (AvgIpc) is 2.64. The molecule has 0 atom stereocenters. The Kier molecular flexibility index (Phi) is 5.16. The van der Waals surface area contributed by atoms with Crippen molar-refractivity contribution >= 4 is 17.2 Å². The summed E-state index contributed by atoms with van der Waals surface area (Å²) >= 11 is 1.44. The summed E-state index contributed by atoms with van der Waals surface area (Å²) in [4.78, 5) is 15.8. The van der Waals surface area contributed by atoms with Crippen LogP contribution in [0.1, 0.15) is 40.9 Å². The molecule has 0 saturated heterocycles. The van der Waals surface area contributed by atoms with Gasteiger partial charge in [-0.3, -0.25) is 4.79 Å². The lowest BCUT2D eigenvalue weighted by Crippen LogP contribution is -2.34. The zero-order chi connectivity index (χ0) is 14.6. The van der Waals surface area contributed by atoms with E-state index in [4.69, 9.17) is 5.73 Å². The number of hydrogen-bond acceptors (Lipinski definition) is 3. The number of nitrogens with zero attached hydrogens (tertiary/aromatic N) is 1. The molecule has 1 rings (SSSR count). The molecule has 0 fully saturated rings. The fourth-order valence-corrected chi connectivity index (χ4v) is 2.86. The summed E-state index contributed by atoms with van der Waals surface area (Å²) in [5.74, 6) is 5.90. The largest absolute Gasteiger partial charge is 0.340 e. The second-order valence-corrected chi connectivity index (χ2v) is 6.90. The molecule has 0 bridgehead atoms. The van der Waals surface area contributed by atoms with Crippen LogP contribution in [0.3, 0.4) is 0 Å². The van der Waals surface area contributed by atoms with E-state index < -0.39 is 0 Å². The zero-order valence-corrected chi connectivity index (χ0v) is 13.1. The van der Waals surface area contributed by atoms with E-state index in [-0.39, 0.29) is 11.3 Å². The number of amides is 1. The minimum Gasteiger partial charge on any atom is -0.340 e. The molecular formula is C15H22N2OS. The second kappa shape index (κ2) is 6.23. The molecule has 104 valence electrons. The second-order valence-electron chi connectivity index (χ2n) is 5.85. The molecule has 1 aromatic heterocycles. The van der Waals surface area contributed by atoms with E-state index in [2.05, 4.69) is 32.6 Å². The van der Waals surface area contributed by atoms with Gasteiger partial charge in [-0.1, -0.05) is 32.6 Å². The first-order valence-corrected chi connectivity index (χ1v) is 7.11. The predicted octanol–water partition coefficient (Wildman–Crippen LogP) is 2.48. The molecule has 0 spiro atoms. The van der Waals surface area contributed by atoms with Crippen LogP contribution in [0, 0.1) is 24.2 Å². The van der Waals surface area contributed by atoms with E-state index in [0.29, 0.717) is 6.54 Å². The Morgan fingerprint density at radius 2 is 2.11 bits per heavy atom. The molecule has 0 unspecified atom stereocenters. The molecule has 0 radical (unpaired) electrons. The first-order valence-electron chi connectivity index (χ1n) is 6.29. The van der Waals surface area contributed by atoms with Crippen molar-refractivity contribution < 1.29 is 4.79 Å². The van der Waals surface area contributed by atoms with Gasteiger partial charge in [0.25, 0.3) is 5.91 Å². The fraction of sp³-hybridized carbons (Fsp3) is 0.533. The van der Waals surface area contributed by atoms with Gasteiger partial charge >= 0.3 is 0 Å². The summed E-state index contributed by atoms with van der Waals surface area (Å²) in [5.41, 5.74) is 6.50. The van der Waals surface area contributed by atoms with E-state index in [1.807, 2.05) is 20.0 Å². The molecule has 0 saturated carbocycles. The van der Waals surface area contributed by atoms with E-state index in [0.717, 1.165) is 21.9 Å². The van der Waals surface area contributed by atoms with Crippen molar-refractivity contribution in [1.82, 2.24) is 4.90 Å². The molecule has 0 aliphatic rings. The van der Waals surface area contributed by atoms with Crippen LogP contribution >= 0.6 is 11.3 Å². The Hall–Kier alpha value is -1.31. The fourth-order valence-electron chi connectivity index (χ4n) is 1.81. The third kappa shape index (κ3) is 4.70. The molecule has 1 amide bonds. The minimum atomic E-state index is 0.0591. The van der Waals surface area contributed by atoms with Gasteiger partial charge in [-0.2, -0.15) is 0 Å². The Bertz CT molecular complexity index is 514. The highest BCUT2D eigenvalue weighted by Crippen LogP contribution is 2.23. The third-order valence-electron chi connectivity index (χ3n) is 2.49. The van der Waals surface area contributed by atoms with Crippen molar-refractivity contribution in [2.75, 3.05) is 20.1 Å². The van der Waals surface area contributed by atoms with E-state index in [9.17, 15) is 4.79 Å². The smallest absolute Gasteiger partial charge is 0.263 e. The Morgan fingerprint density at radius 1 is 1.47 bits per heavy atom. The lowest BCUT2D eigenvalue weighted by Gasteiger charge is -2.26. The first-order chi connectivity index (χ1) is 8.74. The summed E-state index contributed by atoms with van der Waals surface area (Å²) < 4.78 is 0. The molecule has 19 heavy (non-hydrogen) atoms. The first kappa shape index (κ1) is 15.7. The van der Waals surface area contributed by atoms with Crippen LogP contribution in [0.4, 0.5) is 0 Å². The van der Waals surface area contributed by atoms with Crippen molar-refractivity contribution in [3.05, 3.63) is 21.4 Å². The van der Waals surface area contributed by atoms with Crippen LogP contribution in [0.2, 0.25) is 0 Å². The molecule has 1 aromatic rings. The van der Waals surface area contributed by atoms with Crippen LogP contribution in [-0.2, 0) is 0 Å². The monoisotopic (exact) mass is 278 g/mol.